The van der Waals surface area contributed by atoms with Crippen LogP contribution in [-0.2, 0) is 10.2 Å². The topological polar surface area (TPSA) is 32.3 Å². The van der Waals surface area contributed by atoms with Crippen molar-refractivity contribution in [2.24, 2.45) is 0 Å². The molecule has 0 spiro atoms. The number of carbonyl (C=O) groups is 1. The first-order valence-corrected chi connectivity index (χ1v) is 6.74. The fourth-order valence-corrected chi connectivity index (χ4v) is 2.36. The maximum atomic E-state index is 13.8. The lowest BCUT2D eigenvalue weighted by Crippen LogP contribution is -2.36. The molecule has 104 valence electrons. The minimum atomic E-state index is -0.608. The molecule has 0 aromatic heterocycles. The van der Waals surface area contributed by atoms with Gasteiger partial charge in [0.25, 0.3) is 0 Å². The third-order valence-electron chi connectivity index (χ3n) is 3.64. The Morgan fingerprint density at radius 3 is 2.63 bits per heavy atom. The Hall–Kier alpha value is -1.42. The summed E-state index contributed by atoms with van der Waals surface area (Å²) in [6.07, 6.45) is 2.40. The zero-order valence-electron chi connectivity index (χ0n) is 11.6. The normalized spacial score (nSPS) is 16.4. The van der Waals surface area contributed by atoms with E-state index in [4.69, 9.17) is 0 Å². The first-order chi connectivity index (χ1) is 9.06. The van der Waals surface area contributed by atoms with Crippen LogP contribution in [0.4, 0.5) is 4.39 Å². The highest BCUT2D eigenvalue weighted by molar-refractivity contribution is 5.91. The Kier molecular flexibility index (Phi) is 4.20. The number of hydrogen-bond acceptors (Lipinski definition) is 2. The molecule has 1 aliphatic rings. The molecule has 4 heteroatoms. The molecule has 0 aliphatic heterocycles. The Bertz CT molecular complexity index is 455. The summed E-state index contributed by atoms with van der Waals surface area (Å²) in [4.78, 5) is 14.3. The van der Waals surface area contributed by atoms with E-state index in [-0.39, 0.29) is 11.7 Å². The van der Waals surface area contributed by atoms with Crippen LogP contribution in [0.25, 0.3) is 0 Å². The van der Waals surface area contributed by atoms with Crippen molar-refractivity contribution in [3.8, 4) is 0 Å². The van der Waals surface area contributed by atoms with Crippen molar-refractivity contribution in [2.45, 2.75) is 24.7 Å². The van der Waals surface area contributed by atoms with Crippen molar-refractivity contribution < 1.29 is 9.18 Å². The predicted molar refractivity (Wildman–Crippen MR) is 73.5 cm³/mol. The number of nitrogens with one attached hydrogen (secondary N) is 1. The number of amides is 1. The summed E-state index contributed by atoms with van der Waals surface area (Å²) in [5, 5.41) is 2.93. The average Bonchev–Trinajstić information content (AvgIpc) is 3.16. The van der Waals surface area contributed by atoms with Crippen molar-refractivity contribution in [1.29, 1.82) is 0 Å². The van der Waals surface area contributed by atoms with Crippen molar-refractivity contribution >= 4 is 5.91 Å². The minimum absolute atomic E-state index is 0.0312. The Labute approximate surface area is 113 Å². The van der Waals surface area contributed by atoms with Crippen LogP contribution in [0.5, 0.6) is 0 Å². The van der Waals surface area contributed by atoms with Crippen LogP contribution in [-0.4, -0.2) is 38.0 Å². The van der Waals surface area contributed by atoms with Gasteiger partial charge in [-0.2, -0.15) is 0 Å². The highest BCUT2D eigenvalue weighted by atomic mass is 19.1. The molecular formula is C15H21FN2O. The molecule has 1 saturated carbocycles. The first kappa shape index (κ1) is 14.0. The van der Waals surface area contributed by atoms with E-state index in [9.17, 15) is 9.18 Å². The summed E-state index contributed by atoms with van der Waals surface area (Å²) in [6.45, 7) is 1.58. The van der Waals surface area contributed by atoms with Crippen molar-refractivity contribution in [1.82, 2.24) is 10.2 Å². The zero-order valence-corrected chi connectivity index (χ0v) is 11.6. The number of carbonyl (C=O) groups excluding carboxylic acids is 1. The summed E-state index contributed by atoms with van der Waals surface area (Å²) in [5.74, 6) is -0.306. The highest BCUT2D eigenvalue weighted by Gasteiger charge is 2.52. The van der Waals surface area contributed by atoms with Gasteiger partial charge in [-0.05, 0) is 46.0 Å². The van der Waals surface area contributed by atoms with Gasteiger partial charge in [-0.3, -0.25) is 4.79 Å². The molecule has 19 heavy (non-hydrogen) atoms. The van der Waals surface area contributed by atoms with Gasteiger partial charge in [0.15, 0.2) is 0 Å². The van der Waals surface area contributed by atoms with Gasteiger partial charge in [-0.1, -0.05) is 18.2 Å². The van der Waals surface area contributed by atoms with E-state index in [2.05, 4.69) is 10.2 Å². The standard InChI is InChI=1S/C15H21FN2O/c1-18(2)11-5-10-17-14(19)15(8-9-15)12-6-3-4-7-13(12)16/h3-4,6-7H,5,8-11H2,1-2H3,(H,17,19). The summed E-state index contributed by atoms with van der Waals surface area (Å²) in [5.41, 5.74) is -0.0659. The lowest BCUT2D eigenvalue weighted by Gasteiger charge is -2.17. The van der Waals surface area contributed by atoms with E-state index in [0.717, 1.165) is 25.8 Å². The molecule has 2 rings (SSSR count). The molecule has 0 saturated heterocycles. The van der Waals surface area contributed by atoms with Gasteiger partial charge in [0.2, 0.25) is 5.91 Å². The van der Waals surface area contributed by atoms with Crippen LogP contribution in [0.2, 0.25) is 0 Å². The van der Waals surface area contributed by atoms with Crippen LogP contribution in [0, 0.1) is 5.82 Å². The lowest BCUT2D eigenvalue weighted by atomic mass is 9.94. The molecule has 0 unspecified atom stereocenters. The summed E-state index contributed by atoms with van der Waals surface area (Å²) in [7, 11) is 4.01. The molecule has 1 N–H and O–H groups in total. The highest BCUT2D eigenvalue weighted by Crippen LogP contribution is 2.49. The van der Waals surface area contributed by atoms with E-state index >= 15 is 0 Å². The molecule has 0 heterocycles. The van der Waals surface area contributed by atoms with Crippen LogP contribution in [0.1, 0.15) is 24.8 Å². The van der Waals surface area contributed by atoms with Crippen molar-refractivity contribution in [3.63, 3.8) is 0 Å². The van der Waals surface area contributed by atoms with Crippen LogP contribution < -0.4 is 5.32 Å². The summed E-state index contributed by atoms with van der Waals surface area (Å²) >= 11 is 0. The molecule has 1 fully saturated rings. The zero-order chi connectivity index (χ0) is 13.9. The summed E-state index contributed by atoms with van der Waals surface area (Å²) in [6, 6.07) is 6.60. The monoisotopic (exact) mass is 264 g/mol. The smallest absolute Gasteiger partial charge is 0.230 e. The predicted octanol–water partition coefficient (Wildman–Crippen LogP) is 1.93. The molecule has 1 amide bonds. The van der Waals surface area contributed by atoms with Crippen LogP contribution in [0.15, 0.2) is 24.3 Å². The summed E-state index contributed by atoms with van der Waals surface area (Å²) < 4.78 is 13.8. The molecule has 1 aliphatic carbocycles. The second kappa shape index (κ2) is 5.70. The fraction of sp³-hybridized carbons (Fsp3) is 0.533. The number of hydrogen-bond donors (Lipinski definition) is 1. The molecule has 3 nitrogen and oxygen atoms in total. The molecule has 0 radical (unpaired) electrons. The van der Waals surface area contributed by atoms with Crippen LogP contribution in [0.3, 0.4) is 0 Å². The first-order valence-electron chi connectivity index (χ1n) is 6.74. The number of halogens is 1. The van der Waals surface area contributed by atoms with Gasteiger partial charge in [-0.25, -0.2) is 4.39 Å². The maximum absolute atomic E-state index is 13.8. The molecule has 1 aromatic carbocycles. The molecular weight excluding hydrogens is 243 g/mol. The second-order valence-corrected chi connectivity index (χ2v) is 5.47. The largest absolute Gasteiger partial charge is 0.355 e. The Morgan fingerprint density at radius 1 is 1.37 bits per heavy atom. The van der Waals surface area contributed by atoms with Gasteiger partial charge < -0.3 is 10.2 Å². The Morgan fingerprint density at radius 2 is 2.05 bits per heavy atom. The van der Waals surface area contributed by atoms with Gasteiger partial charge in [0, 0.05) is 12.1 Å². The molecule has 1 aromatic rings. The minimum Gasteiger partial charge on any atom is -0.355 e. The van der Waals surface area contributed by atoms with Crippen LogP contribution >= 0.6 is 0 Å². The van der Waals surface area contributed by atoms with E-state index in [0.29, 0.717) is 12.1 Å². The van der Waals surface area contributed by atoms with E-state index in [1.165, 1.54) is 6.07 Å². The third-order valence-corrected chi connectivity index (χ3v) is 3.64. The maximum Gasteiger partial charge on any atom is 0.230 e. The molecule has 0 bridgehead atoms. The van der Waals surface area contributed by atoms with E-state index < -0.39 is 5.41 Å². The SMILES string of the molecule is CN(C)CCCNC(=O)C1(c2ccccc2F)CC1. The second-order valence-electron chi connectivity index (χ2n) is 5.47. The number of benzene rings is 1. The van der Waals surface area contributed by atoms with Crippen molar-refractivity contribution in [2.75, 3.05) is 27.2 Å². The number of rotatable bonds is 6. The average molecular weight is 264 g/mol. The number of nitrogens with zero attached hydrogens (tertiary/aromatic N) is 1. The van der Waals surface area contributed by atoms with E-state index in [1.54, 1.807) is 18.2 Å². The molecule has 0 atom stereocenters. The fourth-order valence-electron chi connectivity index (χ4n) is 2.36. The quantitative estimate of drug-likeness (QED) is 0.796. The van der Waals surface area contributed by atoms with Crippen molar-refractivity contribution in [3.05, 3.63) is 35.6 Å². The van der Waals surface area contributed by atoms with Gasteiger partial charge >= 0.3 is 0 Å². The lowest BCUT2D eigenvalue weighted by molar-refractivity contribution is -0.123. The van der Waals surface area contributed by atoms with Gasteiger partial charge in [0.1, 0.15) is 5.82 Å². The van der Waals surface area contributed by atoms with Gasteiger partial charge in [-0.15, -0.1) is 0 Å². The third kappa shape index (κ3) is 3.13. The van der Waals surface area contributed by atoms with Gasteiger partial charge in [0.05, 0.1) is 5.41 Å². The van der Waals surface area contributed by atoms with E-state index in [1.807, 2.05) is 14.1 Å². The Balaban J connectivity index is 1.94.